The topological polar surface area (TPSA) is 55.6 Å². The molecular formula is C8H16N2O2S. The maximum Gasteiger partial charge on any atom is 0.319 e. The molecule has 0 radical (unpaired) electrons. The minimum Gasteiger partial charge on any atom is -0.468 e. The Bertz CT molecular complexity index is 197. The first-order valence-corrected chi connectivity index (χ1v) is 4.43. The summed E-state index contributed by atoms with van der Waals surface area (Å²) in [5, 5.41) is 0. The second-order valence-corrected chi connectivity index (χ2v) is 3.54. The standard InChI is InChI=1S/C8H16N2O2S/c1-6(4-7(9)13)10(2)5-8(11)12-3/h6H,4-5H2,1-3H3,(H2,9,13). The quantitative estimate of drug-likeness (QED) is 0.510. The van der Waals surface area contributed by atoms with Gasteiger partial charge in [0.2, 0.25) is 0 Å². The predicted molar refractivity (Wildman–Crippen MR) is 55.5 cm³/mol. The molecular weight excluding hydrogens is 188 g/mol. The number of thiocarbonyl (C=S) groups is 1. The zero-order valence-electron chi connectivity index (χ0n) is 8.24. The number of esters is 1. The average Bonchev–Trinajstić information content (AvgIpc) is 2.02. The summed E-state index contributed by atoms with van der Waals surface area (Å²) < 4.78 is 4.53. The summed E-state index contributed by atoms with van der Waals surface area (Å²) in [5.41, 5.74) is 5.38. The fraction of sp³-hybridized carbons (Fsp3) is 0.750. The second kappa shape index (κ2) is 5.88. The first-order chi connectivity index (χ1) is 5.97. The fourth-order valence-corrected chi connectivity index (χ4v) is 1.11. The van der Waals surface area contributed by atoms with Gasteiger partial charge < -0.3 is 10.5 Å². The maximum absolute atomic E-state index is 10.9. The third kappa shape index (κ3) is 5.54. The lowest BCUT2D eigenvalue weighted by Gasteiger charge is -2.22. The van der Waals surface area contributed by atoms with Crippen molar-refractivity contribution >= 4 is 23.2 Å². The van der Waals surface area contributed by atoms with Gasteiger partial charge in [0.05, 0.1) is 18.6 Å². The van der Waals surface area contributed by atoms with E-state index in [4.69, 9.17) is 18.0 Å². The van der Waals surface area contributed by atoms with E-state index in [0.29, 0.717) is 11.4 Å². The van der Waals surface area contributed by atoms with Crippen LogP contribution in [0.5, 0.6) is 0 Å². The van der Waals surface area contributed by atoms with Crippen molar-refractivity contribution in [2.75, 3.05) is 20.7 Å². The highest BCUT2D eigenvalue weighted by atomic mass is 32.1. The van der Waals surface area contributed by atoms with Crippen LogP contribution < -0.4 is 5.73 Å². The number of hydrogen-bond acceptors (Lipinski definition) is 4. The van der Waals surface area contributed by atoms with Gasteiger partial charge in [-0.25, -0.2) is 0 Å². The average molecular weight is 204 g/mol. The number of hydrogen-bond donors (Lipinski definition) is 1. The molecule has 0 spiro atoms. The highest BCUT2D eigenvalue weighted by Crippen LogP contribution is 2.00. The minimum absolute atomic E-state index is 0.164. The van der Waals surface area contributed by atoms with E-state index in [1.165, 1.54) is 7.11 Å². The molecule has 0 bridgehead atoms. The molecule has 0 heterocycles. The molecule has 2 N–H and O–H groups in total. The van der Waals surface area contributed by atoms with Crippen molar-refractivity contribution < 1.29 is 9.53 Å². The lowest BCUT2D eigenvalue weighted by atomic mass is 10.2. The Morgan fingerprint density at radius 3 is 2.62 bits per heavy atom. The number of rotatable bonds is 5. The molecule has 1 atom stereocenters. The summed E-state index contributed by atoms with van der Waals surface area (Å²) in [5.74, 6) is -0.253. The first-order valence-electron chi connectivity index (χ1n) is 4.02. The summed E-state index contributed by atoms with van der Waals surface area (Å²) in [7, 11) is 3.20. The summed E-state index contributed by atoms with van der Waals surface area (Å²) in [6.07, 6.45) is 0.614. The lowest BCUT2D eigenvalue weighted by Crippen LogP contribution is -2.36. The van der Waals surface area contributed by atoms with Gasteiger partial charge in [0.1, 0.15) is 0 Å². The van der Waals surface area contributed by atoms with Crippen molar-refractivity contribution in [1.29, 1.82) is 0 Å². The number of nitrogens with zero attached hydrogens (tertiary/aromatic N) is 1. The van der Waals surface area contributed by atoms with Gasteiger partial charge in [-0.15, -0.1) is 0 Å². The zero-order valence-corrected chi connectivity index (χ0v) is 9.06. The van der Waals surface area contributed by atoms with Crippen molar-refractivity contribution in [3.05, 3.63) is 0 Å². The Morgan fingerprint density at radius 2 is 2.23 bits per heavy atom. The summed E-state index contributed by atoms with van der Waals surface area (Å²) >= 11 is 4.77. The molecule has 13 heavy (non-hydrogen) atoms. The normalized spacial score (nSPS) is 12.6. The molecule has 0 aliphatic carbocycles. The van der Waals surface area contributed by atoms with Crippen molar-refractivity contribution in [2.45, 2.75) is 19.4 Å². The van der Waals surface area contributed by atoms with Crippen LogP contribution >= 0.6 is 12.2 Å². The Hall–Kier alpha value is -0.680. The van der Waals surface area contributed by atoms with Crippen LogP contribution in [0, 0.1) is 0 Å². The maximum atomic E-state index is 10.9. The van der Waals surface area contributed by atoms with Crippen LogP contribution in [0.1, 0.15) is 13.3 Å². The van der Waals surface area contributed by atoms with Crippen LogP contribution in [-0.4, -0.2) is 42.6 Å². The molecule has 0 saturated carbocycles. The summed E-state index contributed by atoms with van der Waals surface area (Å²) in [6, 6.07) is 0.164. The van der Waals surface area contributed by atoms with Gasteiger partial charge in [-0.1, -0.05) is 12.2 Å². The van der Waals surface area contributed by atoms with Crippen molar-refractivity contribution in [3.8, 4) is 0 Å². The van der Waals surface area contributed by atoms with E-state index in [-0.39, 0.29) is 18.6 Å². The largest absolute Gasteiger partial charge is 0.468 e. The third-order valence-electron chi connectivity index (χ3n) is 1.86. The Morgan fingerprint density at radius 1 is 1.69 bits per heavy atom. The highest BCUT2D eigenvalue weighted by Gasteiger charge is 2.13. The highest BCUT2D eigenvalue weighted by molar-refractivity contribution is 7.80. The zero-order chi connectivity index (χ0) is 10.4. The van der Waals surface area contributed by atoms with Crippen LogP contribution in [0.15, 0.2) is 0 Å². The predicted octanol–water partition coefficient (Wildman–Crippen LogP) is 0.156. The van der Waals surface area contributed by atoms with E-state index < -0.39 is 0 Å². The fourth-order valence-electron chi connectivity index (χ4n) is 0.871. The van der Waals surface area contributed by atoms with E-state index >= 15 is 0 Å². The van der Waals surface area contributed by atoms with Crippen molar-refractivity contribution in [1.82, 2.24) is 4.90 Å². The molecule has 0 rings (SSSR count). The smallest absolute Gasteiger partial charge is 0.319 e. The Balaban J connectivity index is 3.88. The summed E-state index contributed by atoms with van der Waals surface area (Å²) in [6.45, 7) is 2.22. The van der Waals surface area contributed by atoms with E-state index in [1.54, 1.807) is 0 Å². The summed E-state index contributed by atoms with van der Waals surface area (Å²) in [4.78, 5) is 13.2. The van der Waals surface area contributed by atoms with Crippen LogP contribution in [0.2, 0.25) is 0 Å². The van der Waals surface area contributed by atoms with E-state index in [9.17, 15) is 4.79 Å². The molecule has 0 fully saturated rings. The molecule has 0 aromatic heterocycles. The molecule has 76 valence electrons. The van der Waals surface area contributed by atoms with Gasteiger partial charge in [-0.3, -0.25) is 9.69 Å². The van der Waals surface area contributed by atoms with Crippen LogP contribution in [0.3, 0.4) is 0 Å². The molecule has 0 aromatic rings. The van der Waals surface area contributed by atoms with Gasteiger partial charge in [0, 0.05) is 12.5 Å². The molecule has 1 unspecified atom stereocenters. The number of carbonyl (C=O) groups excluding carboxylic acids is 1. The number of methoxy groups -OCH3 is 1. The molecule has 0 aliphatic rings. The number of likely N-dealkylation sites (N-methyl/N-ethyl adjacent to an activating group) is 1. The lowest BCUT2D eigenvalue weighted by molar-refractivity contribution is -0.142. The van der Waals surface area contributed by atoms with Crippen LogP contribution in [0.4, 0.5) is 0 Å². The van der Waals surface area contributed by atoms with E-state index in [0.717, 1.165) is 0 Å². The van der Waals surface area contributed by atoms with Crippen LogP contribution in [-0.2, 0) is 9.53 Å². The monoisotopic (exact) mass is 204 g/mol. The number of nitrogens with two attached hydrogens (primary N) is 1. The van der Waals surface area contributed by atoms with Gasteiger partial charge >= 0.3 is 5.97 Å². The van der Waals surface area contributed by atoms with Gasteiger partial charge in [0.15, 0.2) is 0 Å². The Kier molecular flexibility index (Phi) is 5.57. The van der Waals surface area contributed by atoms with Gasteiger partial charge in [-0.2, -0.15) is 0 Å². The molecule has 0 aliphatic heterocycles. The number of carbonyl (C=O) groups is 1. The van der Waals surface area contributed by atoms with Crippen LogP contribution in [0.25, 0.3) is 0 Å². The molecule has 0 saturated heterocycles. The SMILES string of the molecule is COC(=O)CN(C)C(C)CC(N)=S. The Labute approximate surface area is 84.0 Å². The molecule has 0 aromatic carbocycles. The van der Waals surface area contributed by atoms with Crippen molar-refractivity contribution in [2.24, 2.45) is 5.73 Å². The van der Waals surface area contributed by atoms with Crippen molar-refractivity contribution in [3.63, 3.8) is 0 Å². The first kappa shape index (κ1) is 12.3. The number of ether oxygens (including phenoxy) is 1. The van der Waals surface area contributed by atoms with E-state index in [1.807, 2.05) is 18.9 Å². The molecule has 0 amide bonds. The third-order valence-corrected chi connectivity index (χ3v) is 2.02. The molecule has 4 nitrogen and oxygen atoms in total. The van der Waals surface area contributed by atoms with E-state index in [2.05, 4.69) is 4.74 Å². The molecule has 5 heteroatoms. The second-order valence-electron chi connectivity index (χ2n) is 3.01. The minimum atomic E-state index is -0.253. The van der Waals surface area contributed by atoms with Gasteiger partial charge in [-0.05, 0) is 14.0 Å². The van der Waals surface area contributed by atoms with Gasteiger partial charge in [0.25, 0.3) is 0 Å².